The van der Waals surface area contributed by atoms with E-state index in [0.717, 1.165) is 16.8 Å². The van der Waals surface area contributed by atoms with Gasteiger partial charge in [0, 0.05) is 24.4 Å². The zero-order valence-corrected chi connectivity index (χ0v) is 13.0. The Morgan fingerprint density at radius 3 is 3.00 bits per heavy atom. The number of rotatable bonds is 4. The maximum absolute atomic E-state index is 12.2. The fraction of sp³-hybridized carbons (Fsp3) is 0.176. The van der Waals surface area contributed by atoms with Gasteiger partial charge in [-0.1, -0.05) is 6.07 Å². The van der Waals surface area contributed by atoms with Gasteiger partial charge in [-0.25, -0.2) is 9.98 Å². The molecule has 24 heavy (non-hydrogen) atoms. The zero-order valence-electron chi connectivity index (χ0n) is 13.0. The van der Waals surface area contributed by atoms with Gasteiger partial charge in [0.2, 0.25) is 0 Å². The van der Waals surface area contributed by atoms with Crippen LogP contribution in [0.25, 0.3) is 22.6 Å². The summed E-state index contributed by atoms with van der Waals surface area (Å²) in [6.45, 7) is 2.42. The van der Waals surface area contributed by atoms with Crippen LogP contribution in [0.3, 0.4) is 0 Å². The van der Waals surface area contributed by atoms with E-state index in [1.165, 1.54) is 0 Å². The van der Waals surface area contributed by atoms with Crippen LogP contribution < -0.4 is 10.3 Å². The number of aromatic nitrogens is 4. The molecule has 0 unspecified atom stereocenters. The lowest BCUT2D eigenvalue weighted by Gasteiger charge is -2.12. The number of nitrogens with zero attached hydrogens (tertiary/aromatic N) is 3. The standard InChI is InChI=1S/C17H15N5O2/c1-2-24-14-9-10(13-6-8-19-22-13)3-4-11(14)16-20-15-12(5-7-18-15)17(23)21-16/h3-4,6-9H,2,5H2,1H3,(H,19,22)(H,20,21,23). The van der Waals surface area contributed by atoms with Gasteiger partial charge in [-0.15, -0.1) is 0 Å². The smallest absolute Gasteiger partial charge is 0.256 e. The van der Waals surface area contributed by atoms with Gasteiger partial charge < -0.3 is 9.72 Å². The lowest BCUT2D eigenvalue weighted by Crippen LogP contribution is -2.14. The maximum atomic E-state index is 12.2. The fourth-order valence-electron chi connectivity index (χ4n) is 2.70. The summed E-state index contributed by atoms with van der Waals surface area (Å²) in [6, 6.07) is 7.60. The van der Waals surface area contributed by atoms with Crippen LogP contribution in [0.5, 0.6) is 5.75 Å². The quantitative estimate of drug-likeness (QED) is 0.771. The monoisotopic (exact) mass is 321 g/mol. The number of benzene rings is 1. The van der Waals surface area contributed by atoms with Crippen molar-refractivity contribution in [2.45, 2.75) is 13.3 Å². The topological polar surface area (TPSA) is 96.0 Å². The number of fused-ring (bicyclic) bond motifs is 1. The SMILES string of the molecule is CCOc1cc(-c2ccn[nH]2)ccc1-c1nc2c(c(=O)[nH]1)CC=N2. The molecule has 0 amide bonds. The van der Waals surface area contributed by atoms with E-state index >= 15 is 0 Å². The molecule has 0 saturated carbocycles. The van der Waals surface area contributed by atoms with Crippen LogP contribution in [-0.2, 0) is 6.42 Å². The van der Waals surface area contributed by atoms with Gasteiger partial charge >= 0.3 is 0 Å². The second kappa shape index (κ2) is 5.77. The fourth-order valence-corrected chi connectivity index (χ4v) is 2.70. The van der Waals surface area contributed by atoms with E-state index in [-0.39, 0.29) is 5.56 Å². The lowest BCUT2D eigenvalue weighted by atomic mass is 10.1. The Morgan fingerprint density at radius 1 is 1.29 bits per heavy atom. The second-order valence-electron chi connectivity index (χ2n) is 5.35. The summed E-state index contributed by atoms with van der Waals surface area (Å²) in [6.07, 6.45) is 3.91. The first-order valence-electron chi connectivity index (χ1n) is 7.69. The Hall–Kier alpha value is -3.22. The van der Waals surface area contributed by atoms with E-state index in [1.54, 1.807) is 12.4 Å². The Kier molecular flexibility index (Phi) is 3.45. The van der Waals surface area contributed by atoms with Gasteiger partial charge in [0.15, 0.2) is 5.82 Å². The first-order valence-corrected chi connectivity index (χ1v) is 7.69. The predicted molar refractivity (Wildman–Crippen MR) is 90.9 cm³/mol. The maximum Gasteiger partial charge on any atom is 0.256 e. The molecule has 0 bridgehead atoms. The van der Waals surface area contributed by atoms with Gasteiger partial charge in [-0.05, 0) is 25.1 Å². The molecule has 0 spiro atoms. The molecule has 0 fully saturated rings. The first kappa shape index (κ1) is 14.4. The minimum absolute atomic E-state index is 0.160. The van der Waals surface area contributed by atoms with Crippen molar-refractivity contribution in [1.29, 1.82) is 0 Å². The van der Waals surface area contributed by atoms with Crippen molar-refractivity contribution in [2.75, 3.05) is 6.61 Å². The van der Waals surface area contributed by atoms with Crippen molar-refractivity contribution in [3.8, 4) is 28.4 Å². The molecular weight excluding hydrogens is 306 g/mol. The highest BCUT2D eigenvalue weighted by Gasteiger charge is 2.17. The third-order valence-corrected chi connectivity index (χ3v) is 3.85. The van der Waals surface area contributed by atoms with E-state index in [2.05, 4.69) is 25.2 Å². The minimum atomic E-state index is -0.160. The largest absolute Gasteiger partial charge is 0.493 e. The molecular formula is C17H15N5O2. The number of hydrogen-bond donors (Lipinski definition) is 2. The molecule has 0 radical (unpaired) electrons. The van der Waals surface area contributed by atoms with Crippen LogP contribution in [0, 0.1) is 0 Å². The third-order valence-electron chi connectivity index (χ3n) is 3.85. The van der Waals surface area contributed by atoms with Crippen LogP contribution in [-0.4, -0.2) is 33.0 Å². The number of hydrogen-bond acceptors (Lipinski definition) is 5. The summed E-state index contributed by atoms with van der Waals surface area (Å²) in [5.41, 5.74) is 3.00. The average Bonchev–Trinajstić information content (AvgIpc) is 3.27. The molecule has 2 aromatic heterocycles. The Morgan fingerprint density at radius 2 is 2.21 bits per heavy atom. The van der Waals surface area contributed by atoms with Crippen molar-refractivity contribution in [2.24, 2.45) is 4.99 Å². The number of aromatic amines is 2. The minimum Gasteiger partial charge on any atom is -0.493 e. The van der Waals surface area contributed by atoms with Crippen molar-refractivity contribution in [1.82, 2.24) is 20.2 Å². The van der Waals surface area contributed by atoms with Crippen molar-refractivity contribution in [3.05, 3.63) is 46.4 Å². The average molecular weight is 321 g/mol. The number of H-pyrrole nitrogens is 2. The van der Waals surface area contributed by atoms with Gasteiger partial charge in [-0.2, -0.15) is 5.10 Å². The lowest BCUT2D eigenvalue weighted by molar-refractivity contribution is 0.341. The van der Waals surface area contributed by atoms with E-state index in [0.29, 0.717) is 36.0 Å². The Balaban J connectivity index is 1.84. The first-order chi connectivity index (χ1) is 11.8. The summed E-state index contributed by atoms with van der Waals surface area (Å²) in [4.78, 5) is 23.7. The summed E-state index contributed by atoms with van der Waals surface area (Å²) in [7, 11) is 0. The highest BCUT2D eigenvalue weighted by atomic mass is 16.5. The van der Waals surface area contributed by atoms with Crippen LogP contribution >= 0.6 is 0 Å². The zero-order chi connectivity index (χ0) is 16.5. The molecule has 0 atom stereocenters. The summed E-state index contributed by atoms with van der Waals surface area (Å²) in [5, 5.41) is 6.89. The van der Waals surface area contributed by atoms with E-state index in [1.807, 2.05) is 31.2 Å². The normalized spacial score (nSPS) is 12.4. The summed E-state index contributed by atoms with van der Waals surface area (Å²) >= 11 is 0. The molecule has 1 aliphatic heterocycles. The molecule has 1 aromatic carbocycles. The highest BCUT2D eigenvalue weighted by Crippen LogP contribution is 2.33. The summed E-state index contributed by atoms with van der Waals surface area (Å²) in [5.74, 6) is 1.58. The molecule has 0 saturated heterocycles. The van der Waals surface area contributed by atoms with E-state index < -0.39 is 0 Å². The predicted octanol–water partition coefficient (Wildman–Crippen LogP) is 2.48. The van der Waals surface area contributed by atoms with Crippen molar-refractivity contribution >= 4 is 12.0 Å². The third kappa shape index (κ3) is 2.40. The van der Waals surface area contributed by atoms with Gasteiger partial charge in [-0.3, -0.25) is 9.89 Å². The van der Waals surface area contributed by atoms with E-state index in [4.69, 9.17) is 4.74 Å². The van der Waals surface area contributed by atoms with Gasteiger partial charge in [0.25, 0.3) is 5.56 Å². The molecule has 3 aromatic rings. The molecule has 0 aliphatic carbocycles. The van der Waals surface area contributed by atoms with Crippen molar-refractivity contribution < 1.29 is 4.74 Å². The van der Waals surface area contributed by atoms with Gasteiger partial charge in [0.1, 0.15) is 11.6 Å². The Labute approximate surface area is 137 Å². The number of nitrogens with one attached hydrogen (secondary N) is 2. The molecule has 2 N–H and O–H groups in total. The summed E-state index contributed by atoms with van der Waals surface area (Å²) < 4.78 is 5.75. The molecule has 7 heteroatoms. The highest BCUT2D eigenvalue weighted by molar-refractivity contribution is 5.76. The molecule has 4 rings (SSSR count). The Bertz CT molecular complexity index is 973. The molecule has 3 heterocycles. The van der Waals surface area contributed by atoms with E-state index in [9.17, 15) is 4.79 Å². The van der Waals surface area contributed by atoms with Crippen molar-refractivity contribution in [3.63, 3.8) is 0 Å². The van der Waals surface area contributed by atoms with Crippen LogP contribution in [0.15, 0.2) is 40.2 Å². The van der Waals surface area contributed by atoms with Gasteiger partial charge in [0.05, 0.1) is 23.4 Å². The molecule has 7 nitrogen and oxygen atoms in total. The second-order valence-corrected chi connectivity index (χ2v) is 5.35. The van der Waals surface area contributed by atoms with Crippen LogP contribution in [0.2, 0.25) is 0 Å². The van der Waals surface area contributed by atoms with Crippen LogP contribution in [0.1, 0.15) is 12.5 Å². The molecule has 1 aliphatic rings. The van der Waals surface area contributed by atoms with Crippen LogP contribution in [0.4, 0.5) is 5.82 Å². The number of ether oxygens (including phenoxy) is 1. The number of aliphatic imine (C=N–C) groups is 1. The molecule has 120 valence electrons.